The molecule has 0 atom stereocenters. The van der Waals surface area contributed by atoms with Gasteiger partial charge >= 0.3 is 0 Å². The van der Waals surface area contributed by atoms with Crippen LogP contribution in [-0.2, 0) is 0 Å². The predicted molar refractivity (Wildman–Crippen MR) is 114 cm³/mol. The minimum absolute atomic E-state index is 0.0527. The maximum Gasteiger partial charge on any atom is 0.255 e. The fraction of sp³-hybridized carbons (Fsp3) is 0.292. The first-order valence-corrected chi connectivity index (χ1v) is 10.5. The largest absolute Gasteiger partial charge is 0.491 e. The zero-order chi connectivity index (χ0) is 24.5. The van der Waals surface area contributed by atoms with Crippen LogP contribution in [0, 0.1) is 17.5 Å². The lowest BCUT2D eigenvalue weighted by molar-refractivity contribution is -0.0384. The van der Waals surface area contributed by atoms with Crippen molar-refractivity contribution < 1.29 is 31.5 Å². The number of ether oxygens (including phenoxy) is 1. The summed E-state index contributed by atoms with van der Waals surface area (Å²) >= 11 is 0. The van der Waals surface area contributed by atoms with Crippen molar-refractivity contribution in [3.63, 3.8) is 0 Å². The van der Waals surface area contributed by atoms with E-state index in [-0.39, 0.29) is 53.9 Å². The molecule has 178 valence electrons. The van der Waals surface area contributed by atoms with Crippen LogP contribution in [0.3, 0.4) is 0 Å². The molecule has 0 aliphatic heterocycles. The van der Waals surface area contributed by atoms with Crippen LogP contribution >= 0.6 is 0 Å². The number of anilines is 1. The molecule has 1 N–H and O–H groups in total. The molecule has 0 saturated heterocycles. The number of rotatable bonds is 5. The van der Waals surface area contributed by atoms with Crippen LogP contribution in [-0.4, -0.2) is 28.9 Å². The number of halogens is 5. The Morgan fingerprint density at radius 2 is 1.71 bits per heavy atom. The highest BCUT2D eigenvalue weighted by atomic mass is 19.3. The summed E-state index contributed by atoms with van der Waals surface area (Å²) in [7, 11) is 1.09. The quantitative estimate of drug-likeness (QED) is 0.450. The van der Waals surface area contributed by atoms with E-state index >= 15 is 0 Å². The molecule has 1 aliphatic carbocycles. The van der Waals surface area contributed by atoms with Crippen molar-refractivity contribution in [3.05, 3.63) is 71.4 Å². The number of carbonyl (C=O) groups excluding carboxylic acids is 1. The Morgan fingerprint density at radius 1 is 1.03 bits per heavy atom. The number of carbonyl (C=O) groups is 1. The van der Waals surface area contributed by atoms with Gasteiger partial charge in [0.25, 0.3) is 5.91 Å². The molecule has 0 radical (unpaired) electrons. The third kappa shape index (κ3) is 4.71. The minimum Gasteiger partial charge on any atom is -0.491 e. The third-order valence-corrected chi connectivity index (χ3v) is 5.80. The predicted octanol–water partition coefficient (Wildman–Crippen LogP) is 6.11. The number of hydrogen-bond acceptors (Lipinski definition) is 4. The van der Waals surface area contributed by atoms with Crippen molar-refractivity contribution in [1.29, 1.82) is 0 Å². The van der Waals surface area contributed by atoms with E-state index in [0.29, 0.717) is 0 Å². The van der Waals surface area contributed by atoms with E-state index in [1.807, 2.05) is 0 Å². The van der Waals surface area contributed by atoms with E-state index in [4.69, 9.17) is 0 Å². The van der Waals surface area contributed by atoms with Gasteiger partial charge in [-0.3, -0.25) is 14.8 Å². The van der Waals surface area contributed by atoms with Gasteiger partial charge in [0.2, 0.25) is 5.92 Å². The highest BCUT2D eigenvalue weighted by molar-refractivity contribution is 6.06. The molecule has 34 heavy (non-hydrogen) atoms. The molecule has 5 nitrogen and oxygen atoms in total. The number of amides is 1. The van der Waals surface area contributed by atoms with Gasteiger partial charge in [-0.25, -0.2) is 22.0 Å². The maximum absolute atomic E-state index is 14.6. The summed E-state index contributed by atoms with van der Waals surface area (Å²) in [6.07, 6.45) is 2.23. The van der Waals surface area contributed by atoms with Gasteiger partial charge in [0.05, 0.1) is 18.5 Å². The molecular formula is C24H20F5N3O2. The molecule has 1 aromatic carbocycles. The first-order valence-electron chi connectivity index (χ1n) is 10.5. The molecule has 1 fully saturated rings. The first kappa shape index (κ1) is 23.6. The minimum atomic E-state index is -2.79. The van der Waals surface area contributed by atoms with Crippen LogP contribution in [0.4, 0.5) is 27.6 Å². The monoisotopic (exact) mass is 477 g/mol. The molecular weight excluding hydrogens is 457 g/mol. The number of benzene rings is 1. The summed E-state index contributed by atoms with van der Waals surface area (Å²) in [5.74, 6) is -7.60. The lowest BCUT2D eigenvalue weighted by atomic mass is 9.83. The van der Waals surface area contributed by atoms with E-state index < -0.39 is 40.9 Å². The van der Waals surface area contributed by atoms with Crippen LogP contribution < -0.4 is 10.1 Å². The molecule has 0 spiro atoms. The molecule has 2 heterocycles. The third-order valence-electron chi connectivity index (χ3n) is 5.80. The van der Waals surface area contributed by atoms with E-state index in [1.165, 1.54) is 30.6 Å². The van der Waals surface area contributed by atoms with E-state index in [0.717, 1.165) is 19.2 Å². The molecule has 1 aliphatic rings. The second-order valence-electron chi connectivity index (χ2n) is 8.01. The van der Waals surface area contributed by atoms with Crippen LogP contribution in [0.15, 0.2) is 42.7 Å². The highest BCUT2D eigenvalue weighted by Crippen LogP contribution is 2.44. The zero-order valence-corrected chi connectivity index (χ0v) is 18.0. The van der Waals surface area contributed by atoms with Crippen molar-refractivity contribution in [2.75, 3.05) is 12.4 Å². The lowest BCUT2D eigenvalue weighted by Gasteiger charge is -2.29. The fourth-order valence-corrected chi connectivity index (χ4v) is 4.09. The Labute approximate surface area is 192 Å². The molecule has 3 aromatic rings. The molecule has 2 aromatic heterocycles. The van der Waals surface area contributed by atoms with Gasteiger partial charge in [0.15, 0.2) is 17.4 Å². The van der Waals surface area contributed by atoms with Crippen LogP contribution in [0.1, 0.15) is 47.7 Å². The summed E-state index contributed by atoms with van der Waals surface area (Å²) < 4.78 is 75.0. The van der Waals surface area contributed by atoms with Crippen molar-refractivity contribution in [3.8, 4) is 17.0 Å². The van der Waals surface area contributed by atoms with Crippen LogP contribution in [0.25, 0.3) is 11.3 Å². The lowest BCUT2D eigenvalue weighted by Crippen LogP contribution is -2.25. The second kappa shape index (κ2) is 9.36. The number of aromatic nitrogens is 2. The number of methoxy groups -OCH3 is 1. The average Bonchev–Trinajstić information content (AvgIpc) is 2.79. The van der Waals surface area contributed by atoms with Crippen molar-refractivity contribution in [1.82, 2.24) is 9.97 Å². The summed E-state index contributed by atoms with van der Waals surface area (Å²) in [6.45, 7) is 0. The Morgan fingerprint density at radius 3 is 2.32 bits per heavy atom. The second-order valence-corrected chi connectivity index (χ2v) is 8.01. The van der Waals surface area contributed by atoms with Gasteiger partial charge in [0, 0.05) is 42.3 Å². The van der Waals surface area contributed by atoms with E-state index in [2.05, 4.69) is 20.0 Å². The first-order chi connectivity index (χ1) is 16.2. The zero-order valence-electron chi connectivity index (χ0n) is 18.0. The number of pyridine rings is 2. The van der Waals surface area contributed by atoms with Crippen molar-refractivity contribution in [2.45, 2.75) is 37.5 Å². The molecule has 1 saturated carbocycles. The Hall–Kier alpha value is -3.56. The van der Waals surface area contributed by atoms with Crippen LogP contribution in [0.2, 0.25) is 0 Å². The number of alkyl halides is 2. The highest BCUT2D eigenvalue weighted by Gasteiger charge is 2.37. The molecule has 4 rings (SSSR count). The van der Waals surface area contributed by atoms with Gasteiger partial charge in [-0.1, -0.05) is 0 Å². The molecule has 1 amide bonds. The summed E-state index contributed by atoms with van der Waals surface area (Å²) in [4.78, 5) is 21.3. The van der Waals surface area contributed by atoms with Gasteiger partial charge in [0.1, 0.15) is 11.5 Å². The SMILES string of the molecule is COc1c(F)cc(C(=O)Nc2c(-c3ncccc3F)ccnc2C2CCC(F)(F)CC2)cc1F. The Bertz CT molecular complexity index is 1200. The van der Waals surface area contributed by atoms with Gasteiger partial charge in [-0.2, -0.15) is 0 Å². The summed E-state index contributed by atoms with van der Waals surface area (Å²) in [5.41, 5.74) is 0.0592. The molecule has 0 unspecified atom stereocenters. The maximum atomic E-state index is 14.6. The number of hydrogen-bond donors (Lipinski definition) is 1. The number of nitrogens with zero attached hydrogens (tertiary/aromatic N) is 2. The van der Waals surface area contributed by atoms with E-state index in [1.54, 1.807) is 0 Å². The topological polar surface area (TPSA) is 64.1 Å². The summed E-state index contributed by atoms with van der Waals surface area (Å²) in [6, 6.07) is 5.61. The number of nitrogens with one attached hydrogen (secondary N) is 1. The van der Waals surface area contributed by atoms with Crippen molar-refractivity contribution in [2.24, 2.45) is 0 Å². The van der Waals surface area contributed by atoms with Gasteiger partial charge in [-0.15, -0.1) is 0 Å². The van der Waals surface area contributed by atoms with Crippen molar-refractivity contribution >= 4 is 11.6 Å². The van der Waals surface area contributed by atoms with Gasteiger partial charge in [-0.05, 0) is 43.2 Å². The Kier molecular flexibility index (Phi) is 6.49. The average molecular weight is 477 g/mol. The standard InChI is InChI=1S/C24H20F5N3O2/c1-34-22-17(26)11-14(12-18(22)27)23(33)32-21-15(20-16(25)3-2-9-30-20)6-10-31-19(21)13-4-7-24(28,29)8-5-13/h2-3,6,9-13H,4-5,7-8H2,1H3,(H,32,33). The molecule has 10 heteroatoms. The normalized spacial score (nSPS) is 15.7. The fourth-order valence-electron chi connectivity index (χ4n) is 4.09. The van der Waals surface area contributed by atoms with E-state index in [9.17, 15) is 26.7 Å². The smallest absolute Gasteiger partial charge is 0.255 e. The Balaban J connectivity index is 1.78. The van der Waals surface area contributed by atoms with Crippen LogP contribution in [0.5, 0.6) is 5.75 Å². The van der Waals surface area contributed by atoms with Gasteiger partial charge < -0.3 is 10.1 Å². The molecule has 0 bridgehead atoms. The summed E-state index contributed by atoms with van der Waals surface area (Å²) in [5, 5.41) is 2.56.